The zero-order valence-corrected chi connectivity index (χ0v) is 18.9. The number of rotatable bonds is 7. The molecule has 162 valence electrons. The number of aliphatic carboxylic acids is 1. The molecule has 8 heteroatoms. The van der Waals surface area contributed by atoms with Crippen LogP contribution in [0.3, 0.4) is 0 Å². The van der Waals surface area contributed by atoms with Crippen LogP contribution in [0.5, 0.6) is 0 Å². The Hall–Kier alpha value is -1.28. The quantitative estimate of drug-likeness (QED) is 0.412. The molecule has 0 radical (unpaired) electrons. The number of hydrogen-bond donors (Lipinski definition) is 2. The van der Waals surface area contributed by atoms with E-state index in [1.54, 1.807) is 6.20 Å². The Bertz CT molecular complexity index is 666. The molecule has 1 aromatic heterocycles. The van der Waals surface area contributed by atoms with Crippen LogP contribution in [-0.4, -0.2) is 44.8 Å². The van der Waals surface area contributed by atoms with Gasteiger partial charge in [-0.05, 0) is 44.4 Å². The number of aromatic nitrogens is 1. The Morgan fingerprint density at radius 3 is 2.45 bits per heavy atom. The summed E-state index contributed by atoms with van der Waals surface area (Å²) in [7, 11) is 0. The number of thiazole rings is 1. The van der Waals surface area contributed by atoms with Crippen LogP contribution >= 0.6 is 23.1 Å². The van der Waals surface area contributed by atoms with Crippen molar-refractivity contribution in [3.05, 3.63) is 6.20 Å². The van der Waals surface area contributed by atoms with Gasteiger partial charge in [-0.3, -0.25) is 10.1 Å². The van der Waals surface area contributed by atoms with Crippen molar-refractivity contribution in [2.45, 2.75) is 93.8 Å². The summed E-state index contributed by atoms with van der Waals surface area (Å²) in [6, 6.07) is 0.659. The van der Waals surface area contributed by atoms with E-state index >= 15 is 0 Å². The molecule has 1 aromatic rings. The number of carboxylic acids is 1. The van der Waals surface area contributed by atoms with Gasteiger partial charge in [0.25, 0.3) is 0 Å². The normalized spacial score (nSPS) is 23.3. The van der Waals surface area contributed by atoms with E-state index < -0.39 is 5.97 Å². The Morgan fingerprint density at radius 2 is 1.79 bits per heavy atom. The van der Waals surface area contributed by atoms with Crippen LogP contribution in [0.2, 0.25) is 0 Å². The van der Waals surface area contributed by atoms with Gasteiger partial charge in [0.15, 0.2) is 5.13 Å². The zero-order chi connectivity index (χ0) is 20.6. The van der Waals surface area contributed by atoms with Crippen LogP contribution in [0.25, 0.3) is 0 Å². The van der Waals surface area contributed by atoms with Gasteiger partial charge in [-0.2, -0.15) is 0 Å². The summed E-state index contributed by atoms with van der Waals surface area (Å²) in [5.74, 6) is 0.477. The van der Waals surface area contributed by atoms with Crippen LogP contribution in [-0.2, 0) is 4.79 Å². The second-order valence-corrected chi connectivity index (χ2v) is 10.8. The second-order valence-electron chi connectivity index (χ2n) is 8.37. The van der Waals surface area contributed by atoms with Crippen molar-refractivity contribution in [1.82, 2.24) is 9.88 Å². The Balaban J connectivity index is 1.64. The van der Waals surface area contributed by atoms with Gasteiger partial charge in [-0.1, -0.05) is 43.9 Å². The van der Waals surface area contributed by atoms with Crippen LogP contribution in [0.1, 0.15) is 77.6 Å². The summed E-state index contributed by atoms with van der Waals surface area (Å²) in [6.07, 6.45) is 13.6. The van der Waals surface area contributed by atoms with Crippen LogP contribution in [0, 0.1) is 5.92 Å². The van der Waals surface area contributed by atoms with Crippen molar-refractivity contribution in [2.75, 3.05) is 11.1 Å². The van der Waals surface area contributed by atoms with E-state index in [0.717, 1.165) is 35.8 Å². The molecule has 2 amide bonds. The van der Waals surface area contributed by atoms with Gasteiger partial charge in [0.2, 0.25) is 0 Å². The lowest BCUT2D eigenvalue weighted by Gasteiger charge is -2.40. The van der Waals surface area contributed by atoms with Gasteiger partial charge < -0.3 is 10.0 Å². The molecule has 0 atom stereocenters. The molecule has 0 unspecified atom stereocenters. The highest BCUT2D eigenvalue weighted by Crippen LogP contribution is 2.33. The standard InChI is InChI=1S/C21H33N3O3S2/c1-15-8-10-17(11-9-15)24(16-6-4-2-3-5-7-16)21(27)23-20-22-14-19(29-20)28-13-12-18(25)26/h14-17H,2-13H2,1H3,(H,25,26)(H,22,23,27). The number of carbonyl (C=O) groups is 2. The van der Waals surface area contributed by atoms with Gasteiger partial charge in [0.05, 0.1) is 16.8 Å². The highest BCUT2D eigenvalue weighted by Gasteiger charge is 2.33. The molecule has 2 N–H and O–H groups in total. The van der Waals surface area contributed by atoms with Gasteiger partial charge in [-0.15, -0.1) is 11.8 Å². The average molecular weight is 440 g/mol. The summed E-state index contributed by atoms with van der Waals surface area (Å²) in [6.45, 7) is 2.31. The molecule has 2 aliphatic carbocycles. The van der Waals surface area contributed by atoms with E-state index in [2.05, 4.69) is 22.1 Å². The maximum atomic E-state index is 13.3. The SMILES string of the molecule is CC1CCC(N(C(=O)Nc2ncc(SCCC(=O)O)s2)C2CCCCCC2)CC1. The molecule has 1 heterocycles. The van der Waals surface area contributed by atoms with Gasteiger partial charge in [0.1, 0.15) is 0 Å². The van der Waals surface area contributed by atoms with Gasteiger partial charge in [0, 0.05) is 17.8 Å². The molecule has 6 nitrogen and oxygen atoms in total. The number of carboxylic acid groups (broad SMARTS) is 1. The third kappa shape index (κ3) is 6.88. The third-order valence-electron chi connectivity index (χ3n) is 6.09. The van der Waals surface area contributed by atoms with Gasteiger partial charge in [-0.25, -0.2) is 9.78 Å². The molecular weight excluding hydrogens is 406 g/mol. The van der Waals surface area contributed by atoms with E-state index in [9.17, 15) is 9.59 Å². The molecule has 2 aliphatic rings. The molecule has 0 aromatic carbocycles. The molecule has 29 heavy (non-hydrogen) atoms. The van der Waals surface area contributed by atoms with Crippen molar-refractivity contribution in [1.29, 1.82) is 0 Å². The first-order valence-electron chi connectivity index (χ1n) is 10.9. The lowest BCUT2D eigenvalue weighted by atomic mass is 9.85. The molecule has 2 fully saturated rings. The first kappa shape index (κ1) is 22.4. The molecule has 0 aliphatic heterocycles. The van der Waals surface area contributed by atoms with E-state index in [-0.39, 0.29) is 12.5 Å². The number of urea groups is 1. The number of carbonyl (C=O) groups excluding carboxylic acids is 1. The summed E-state index contributed by atoms with van der Waals surface area (Å²) in [5.41, 5.74) is 0. The number of hydrogen-bond acceptors (Lipinski definition) is 5. The summed E-state index contributed by atoms with van der Waals surface area (Å²) in [5, 5.41) is 12.4. The Kier molecular flexibility index (Phi) is 8.66. The molecule has 2 saturated carbocycles. The van der Waals surface area contributed by atoms with Crippen LogP contribution in [0.4, 0.5) is 9.93 Å². The topological polar surface area (TPSA) is 82.5 Å². The number of thioether (sulfide) groups is 1. The zero-order valence-electron chi connectivity index (χ0n) is 17.3. The maximum absolute atomic E-state index is 13.3. The minimum absolute atomic E-state index is 0.00658. The fourth-order valence-electron chi connectivity index (χ4n) is 4.47. The average Bonchev–Trinajstić information content (AvgIpc) is 2.95. The van der Waals surface area contributed by atoms with E-state index in [1.165, 1.54) is 61.6 Å². The van der Waals surface area contributed by atoms with Crippen LogP contribution < -0.4 is 5.32 Å². The lowest BCUT2D eigenvalue weighted by Crippen LogP contribution is -2.50. The van der Waals surface area contributed by atoms with Crippen LogP contribution in [0.15, 0.2) is 10.4 Å². The first-order chi connectivity index (χ1) is 14.0. The summed E-state index contributed by atoms with van der Waals surface area (Å²) in [4.78, 5) is 30.5. The Labute approximate surface area is 181 Å². The van der Waals surface area contributed by atoms with Gasteiger partial charge >= 0.3 is 12.0 Å². The smallest absolute Gasteiger partial charge is 0.324 e. The maximum Gasteiger partial charge on any atom is 0.324 e. The number of nitrogens with zero attached hydrogens (tertiary/aromatic N) is 2. The second kappa shape index (κ2) is 11.2. The fourth-order valence-corrected chi connectivity index (χ4v) is 6.33. The predicted molar refractivity (Wildman–Crippen MR) is 119 cm³/mol. The van der Waals surface area contributed by atoms with Crippen molar-refractivity contribution >= 4 is 40.2 Å². The minimum Gasteiger partial charge on any atom is -0.481 e. The third-order valence-corrected chi connectivity index (χ3v) is 8.20. The van der Waals surface area contributed by atoms with Crippen molar-refractivity contribution in [3.8, 4) is 0 Å². The summed E-state index contributed by atoms with van der Waals surface area (Å²) < 4.78 is 0.939. The first-order valence-corrected chi connectivity index (χ1v) is 12.7. The van der Waals surface area contributed by atoms with E-state index in [1.807, 2.05) is 0 Å². The number of amides is 2. The largest absolute Gasteiger partial charge is 0.481 e. The van der Waals surface area contributed by atoms with Crippen molar-refractivity contribution < 1.29 is 14.7 Å². The fraction of sp³-hybridized carbons (Fsp3) is 0.762. The number of anilines is 1. The van der Waals surface area contributed by atoms with E-state index in [0.29, 0.717) is 23.0 Å². The highest BCUT2D eigenvalue weighted by atomic mass is 32.2. The molecule has 0 bridgehead atoms. The monoisotopic (exact) mass is 439 g/mol. The molecule has 3 rings (SSSR count). The van der Waals surface area contributed by atoms with Crippen molar-refractivity contribution in [3.63, 3.8) is 0 Å². The summed E-state index contributed by atoms with van der Waals surface area (Å²) >= 11 is 2.90. The lowest BCUT2D eigenvalue weighted by molar-refractivity contribution is -0.136. The highest BCUT2D eigenvalue weighted by molar-refractivity contribution is 8.01. The predicted octanol–water partition coefficient (Wildman–Crippen LogP) is 5.85. The molecule has 0 saturated heterocycles. The van der Waals surface area contributed by atoms with Crippen molar-refractivity contribution in [2.24, 2.45) is 5.92 Å². The molecular formula is C21H33N3O3S2. The minimum atomic E-state index is -0.795. The van der Waals surface area contributed by atoms with E-state index in [4.69, 9.17) is 5.11 Å². The molecule has 0 spiro atoms. The Morgan fingerprint density at radius 1 is 1.14 bits per heavy atom. The number of nitrogens with one attached hydrogen (secondary N) is 1.